The van der Waals surface area contributed by atoms with Gasteiger partial charge in [0.05, 0.1) is 10.0 Å². The molecular formula is C17H14Br2O4. The van der Waals surface area contributed by atoms with Crippen LogP contribution in [0.1, 0.15) is 38.8 Å². The largest absolute Gasteiger partial charge is 0.478 e. The van der Waals surface area contributed by atoms with Crippen LogP contribution in [0.3, 0.4) is 0 Å². The molecule has 0 aliphatic rings. The first-order valence-electron chi connectivity index (χ1n) is 6.87. The van der Waals surface area contributed by atoms with E-state index < -0.39 is 11.9 Å². The van der Waals surface area contributed by atoms with Crippen molar-refractivity contribution in [1.29, 1.82) is 0 Å². The molecule has 23 heavy (non-hydrogen) atoms. The van der Waals surface area contributed by atoms with Crippen LogP contribution in [0.4, 0.5) is 0 Å². The fourth-order valence-corrected chi connectivity index (χ4v) is 3.47. The molecule has 0 unspecified atom stereocenters. The number of rotatable bonds is 4. The van der Waals surface area contributed by atoms with Gasteiger partial charge in [0.15, 0.2) is 5.75 Å². The van der Waals surface area contributed by atoms with E-state index >= 15 is 0 Å². The normalized spacial score (nSPS) is 10.4. The lowest BCUT2D eigenvalue weighted by atomic mass is 10.0. The van der Waals surface area contributed by atoms with Gasteiger partial charge < -0.3 is 9.84 Å². The predicted molar refractivity (Wildman–Crippen MR) is 94.3 cm³/mol. The number of aromatic carboxylic acids is 1. The Morgan fingerprint density at radius 1 is 1.13 bits per heavy atom. The summed E-state index contributed by atoms with van der Waals surface area (Å²) in [6.45, 7) is 3.89. The molecule has 0 saturated carbocycles. The van der Waals surface area contributed by atoms with Gasteiger partial charge in [-0.3, -0.25) is 0 Å². The third-order valence-electron chi connectivity index (χ3n) is 3.21. The zero-order chi connectivity index (χ0) is 17.1. The van der Waals surface area contributed by atoms with E-state index in [0.717, 1.165) is 17.5 Å². The minimum absolute atomic E-state index is 0.00902. The molecule has 6 heteroatoms. The number of carbonyl (C=O) groups excluding carboxylic acids is 1. The number of halogens is 2. The Hall–Kier alpha value is -1.66. The first kappa shape index (κ1) is 17.7. The van der Waals surface area contributed by atoms with E-state index in [1.54, 1.807) is 18.2 Å². The fraction of sp³-hybridized carbons (Fsp3) is 0.176. The van der Waals surface area contributed by atoms with Crippen molar-refractivity contribution in [2.24, 2.45) is 0 Å². The average Bonchev–Trinajstić information content (AvgIpc) is 2.48. The second kappa shape index (κ2) is 7.27. The molecule has 0 aromatic heterocycles. The molecule has 0 aliphatic heterocycles. The van der Waals surface area contributed by atoms with Crippen LogP contribution in [0.15, 0.2) is 39.3 Å². The van der Waals surface area contributed by atoms with Crippen molar-refractivity contribution >= 4 is 43.8 Å². The van der Waals surface area contributed by atoms with Crippen LogP contribution < -0.4 is 4.74 Å². The third kappa shape index (κ3) is 4.20. The Morgan fingerprint density at radius 2 is 1.83 bits per heavy atom. The van der Waals surface area contributed by atoms with Gasteiger partial charge in [-0.25, -0.2) is 9.59 Å². The maximum atomic E-state index is 12.4. The van der Waals surface area contributed by atoms with Crippen molar-refractivity contribution in [3.05, 3.63) is 61.5 Å². The van der Waals surface area contributed by atoms with Gasteiger partial charge in [0.1, 0.15) is 5.56 Å². The summed E-state index contributed by atoms with van der Waals surface area (Å²) in [4.78, 5) is 23.8. The Bertz CT molecular complexity index is 784. The zero-order valence-corrected chi connectivity index (χ0v) is 15.7. The molecule has 0 atom stereocenters. The number of carbonyl (C=O) groups is 2. The van der Waals surface area contributed by atoms with Crippen molar-refractivity contribution < 1.29 is 19.4 Å². The Labute approximate surface area is 150 Å². The highest BCUT2D eigenvalue weighted by molar-refractivity contribution is 9.11. The van der Waals surface area contributed by atoms with Crippen LogP contribution >= 0.6 is 31.9 Å². The summed E-state index contributed by atoms with van der Waals surface area (Å²) < 4.78 is 6.31. The van der Waals surface area contributed by atoms with Gasteiger partial charge in [0, 0.05) is 4.47 Å². The molecular weight excluding hydrogens is 428 g/mol. The number of aryl methyl sites for hydroxylation is 2. The first-order valence-corrected chi connectivity index (χ1v) is 8.45. The van der Waals surface area contributed by atoms with Gasteiger partial charge in [0.25, 0.3) is 0 Å². The summed E-state index contributed by atoms with van der Waals surface area (Å²) in [5.74, 6) is -1.77. The first-order chi connectivity index (χ1) is 10.8. The summed E-state index contributed by atoms with van der Waals surface area (Å²) in [7, 11) is 0. The monoisotopic (exact) mass is 440 g/mol. The summed E-state index contributed by atoms with van der Waals surface area (Å²) in [5.41, 5.74) is 2.27. The molecule has 0 radical (unpaired) electrons. The van der Waals surface area contributed by atoms with Crippen molar-refractivity contribution in [2.45, 2.75) is 20.3 Å². The molecule has 0 aliphatic carbocycles. The number of carboxylic acid groups (broad SMARTS) is 1. The molecule has 2 aromatic rings. The lowest BCUT2D eigenvalue weighted by Crippen LogP contribution is -2.13. The molecule has 0 amide bonds. The Kier molecular flexibility index (Phi) is 5.59. The van der Waals surface area contributed by atoms with E-state index in [1.807, 2.05) is 19.9 Å². The van der Waals surface area contributed by atoms with Gasteiger partial charge in [0.2, 0.25) is 0 Å². The maximum Gasteiger partial charge on any atom is 0.343 e. The van der Waals surface area contributed by atoms with Gasteiger partial charge in [-0.1, -0.05) is 34.5 Å². The van der Waals surface area contributed by atoms with Crippen molar-refractivity contribution in [3.8, 4) is 5.75 Å². The molecule has 0 spiro atoms. The summed E-state index contributed by atoms with van der Waals surface area (Å²) in [6, 6.07) is 8.48. The quantitative estimate of drug-likeness (QED) is 0.535. The van der Waals surface area contributed by atoms with Gasteiger partial charge in [-0.2, -0.15) is 0 Å². The molecule has 2 rings (SSSR count). The second-order valence-electron chi connectivity index (χ2n) is 5.02. The molecule has 0 saturated heterocycles. The molecule has 0 bridgehead atoms. The highest BCUT2D eigenvalue weighted by Gasteiger charge is 2.20. The van der Waals surface area contributed by atoms with Crippen LogP contribution in [0, 0.1) is 6.92 Å². The highest BCUT2D eigenvalue weighted by atomic mass is 79.9. The number of carboxylic acids is 1. The van der Waals surface area contributed by atoms with Crippen LogP contribution in [0.5, 0.6) is 5.75 Å². The van der Waals surface area contributed by atoms with Gasteiger partial charge in [-0.15, -0.1) is 0 Å². The number of benzene rings is 2. The fourth-order valence-electron chi connectivity index (χ4n) is 2.16. The standard InChI is InChI=1S/C17H14Br2O4/c1-3-10-4-9(2)5-11(6-10)17(22)23-15-13(16(20)21)7-12(18)8-14(15)19/h4-8H,3H2,1-2H3,(H,20,21). The SMILES string of the molecule is CCc1cc(C)cc(C(=O)Oc2c(Br)cc(Br)cc2C(=O)O)c1. The Morgan fingerprint density at radius 3 is 2.43 bits per heavy atom. The van der Waals surface area contributed by atoms with E-state index in [1.165, 1.54) is 6.07 Å². The number of hydrogen-bond acceptors (Lipinski definition) is 3. The molecule has 0 heterocycles. The predicted octanol–water partition coefficient (Wildman–Crippen LogP) is 5.00. The maximum absolute atomic E-state index is 12.4. The van der Waals surface area contributed by atoms with Crippen LogP contribution in [0.2, 0.25) is 0 Å². The van der Waals surface area contributed by atoms with Crippen molar-refractivity contribution in [3.63, 3.8) is 0 Å². The number of hydrogen-bond donors (Lipinski definition) is 1. The smallest absolute Gasteiger partial charge is 0.343 e. The second-order valence-corrected chi connectivity index (χ2v) is 6.79. The van der Waals surface area contributed by atoms with E-state index in [4.69, 9.17) is 4.74 Å². The summed E-state index contributed by atoms with van der Waals surface area (Å²) in [6.07, 6.45) is 0.796. The Balaban J connectivity index is 2.41. The zero-order valence-electron chi connectivity index (χ0n) is 12.5. The average molecular weight is 442 g/mol. The van der Waals surface area contributed by atoms with Gasteiger partial charge >= 0.3 is 11.9 Å². The molecule has 1 N–H and O–H groups in total. The van der Waals surface area contributed by atoms with E-state index in [9.17, 15) is 14.7 Å². The highest BCUT2D eigenvalue weighted by Crippen LogP contribution is 2.33. The molecule has 0 fully saturated rings. The lowest BCUT2D eigenvalue weighted by molar-refractivity contribution is 0.0680. The van der Waals surface area contributed by atoms with Crippen LogP contribution in [-0.4, -0.2) is 17.0 Å². The summed E-state index contributed by atoms with van der Waals surface area (Å²) in [5, 5.41) is 9.29. The number of ether oxygens (including phenoxy) is 1. The van der Waals surface area contributed by atoms with E-state index in [0.29, 0.717) is 14.5 Å². The lowest BCUT2D eigenvalue weighted by Gasteiger charge is -2.11. The minimum Gasteiger partial charge on any atom is -0.478 e. The molecule has 4 nitrogen and oxygen atoms in total. The van der Waals surface area contributed by atoms with E-state index in [-0.39, 0.29) is 11.3 Å². The third-order valence-corrected chi connectivity index (χ3v) is 4.26. The van der Waals surface area contributed by atoms with Gasteiger partial charge in [-0.05, 0) is 59.1 Å². The summed E-state index contributed by atoms with van der Waals surface area (Å²) >= 11 is 6.46. The van der Waals surface area contributed by atoms with Crippen LogP contribution in [-0.2, 0) is 6.42 Å². The number of esters is 1. The molecule has 120 valence electrons. The minimum atomic E-state index is -1.17. The van der Waals surface area contributed by atoms with E-state index in [2.05, 4.69) is 31.9 Å². The topological polar surface area (TPSA) is 63.6 Å². The van der Waals surface area contributed by atoms with Crippen molar-refractivity contribution in [1.82, 2.24) is 0 Å². The van der Waals surface area contributed by atoms with Crippen LogP contribution in [0.25, 0.3) is 0 Å². The van der Waals surface area contributed by atoms with Crippen molar-refractivity contribution in [2.75, 3.05) is 0 Å². The molecule has 2 aromatic carbocycles.